The molecule has 0 radical (unpaired) electrons. The predicted molar refractivity (Wildman–Crippen MR) is 99.3 cm³/mol. The molecule has 3 N–H and O–H groups in total. The van der Waals surface area contributed by atoms with E-state index in [0.29, 0.717) is 17.2 Å². The van der Waals surface area contributed by atoms with Crippen molar-refractivity contribution in [3.63, 3.8) is 0 Å². The number of carbonyl (C=O) groups is 3. The van der Waals surface area contributed by atoms with Crippen molar-refractivity contribution < 1.29 is 14.4 Å². The molecule has 1 aromatic carbocycles. The minimum Gasteiger partial charge on any atom is -0.326 e. The lowest BCUT2D eigenvalue weighted by molar-refractivity contribution is -0.117. The summed E-state index contributed by atoms with van der Waals surface area (Å²) in [6.45, 7) is 1.38. The number of nitrogens with zero attached hydrogens (tertiary/aromatic N) is 1. The molecule has 0 spiro atoms. The smallest absolute Gasteiger partial charge is 0.257 e. The van der Waals surface area contributed by atoms with Crippen molar-refractivity contribution in [3.05, 3.63) is 47.1 Å². The molecule has 7 nitrogen and oxygen atoms in total. The van der Waals surface area contributed by atoms with Crippen molar-refractivity contribution in [2.75, 3.05) is 16.0 Å². The van der Waals surface area contributed by atoms with Crippen LogP contribution in [0.1, 0.15) is 30.1 Å². The van der Waals surface area contributed by atoms with Crippen molar-refractivity contribution in [1.29, 1.82) is 0 Å². The molecule has 26 heavy (non-hydrogen) atoms. The van der Waals surface area contributed by atoms with Gasteiger partial charge in [-0.3, -0.25) is 14.4 Å². The fraction of sp³-hybridized carbons (Fsp3) is 0.222. The van der Waals surface area contributed by atoms with E-state index in [9.17, 15) is 14.4 Å². The standard InChI is InChI=1S/C18H17ClN4O3/c1-10(24)21-12-4-6-15(19)14(8-12)18(26)22-13-5-7-16(20-9-13)23-17(25)11-2-3-11/h4-9,11H,2-3H2,1H3,(H,21,24)(H,22,26)(H,20,23,25). The lowest BCUT2D eigenvalue weighted by Crippen LogP contribution is -2.15. The van der Waals surface area contributed by atoms with Crippen LogP contribution in [0.5, 0.6) is 0 Å². The highest BCUT2D eigenvalue weighted by molar-refractivity contribution is 6.34. The SMILES string of the molecule is CC(=O)Nc1ccc(Cl)c(C(=O)Nc2ccc(NC(=O)C3CC3)nc2)c1. The summed E-state index contributed by atoms with van der Waals surface area (Å²) in [5, 5.41) is 8.27. The monoisotopic (exact) mass is 372 g/mol. The predicted octanol–water partition coefficient (Wildman–Crippen LogP) is 3.29. The van der Waals surface area contributed by atoms with Crippen molar-refractivity contribution in [2.24, 2.45) is 5.92 Å². The highest BCUT2D eigenvalue weighted by atomic mass is 35.5. The first-order valence-corrected chi connectivity index (χ1v) is 8.45. The Labute approximate surface area is 155 Å². The second-order valence-electron chi connectivity index (χ2n) is 6.03. The van der Waals surface area contributed by atoms with Gasteiger partial charge in [-0.2, -0.15) is 0 Å². The number of halogens is 1. The molecular formula is C18H17ClN4O3. The van der Waals surface area contributed by atoms with E-state index in [1.807, 2.05) is 0 Å². The highest BCUT2D eigenvalue weighted by Crippen LogP contribution is 2.30. The third-order valence-electron chi connectivity index (χ3n) is 3.75. The van der Waals surface area contributed by atoms with Crippen LogP contribution in [0.15, 0.2) is 36.5 Å². The molecule has 1 saturated carbocycles. The molecule has 1 heterocycles. The van der Waals surface area contributed by atoms with Gasteiger partial charge in [0, 0.05) is 18.5 Å². The Hall–Kier alpha value is -2.93. The molecule has 0 saturated heterocycles. The summed E-state index contributed by atoms with van der Waals surface area (Å²) in [4.78, 5) is 39.4. The average molecular weight is 373 g/mol. The van der Waals surface area contributed by atoms with Gasteiger partial charge >= 0.3 is 0 Å². The van der Waals surface area contributed by atoms with Gasteiger partial charge in [-0.15, -0.1) is 0 Å². The van der Waals surface area contributed by atoms with Crippen molar-refractivity contribution in [3.8, 4) is 0 Å². The maximum atomic E-state index is 12.4. The van der Waals surface area contributed by atoms with Crippen LogP contribution < -0.4 is 16.0 Å². The molecule has 1 aliphatic rings. The van der Waals surface area contributed by atoms with Gasteiger partial charge in [0.25, 0.3) is 5.91 Å². The van der Waals surface area contributed by atoms with E-state index < -0.39 is 5.91 Å². The number of amides is 3. The summed E-state index contributed by atoms with van der Waals surface area (Å²) in [6.07, 6.45) is 3.28. The number of nitrogens with one attached hydrogen (secondary N) is 3. The molecule has 1 fully saturated rings. The molecular weight excluding hydrogens is 356 g/mol. The molecule has 1 aliphatic carbocycles. The van der Waals surface area contributed by atoms with E-state index in [1.54, 1.807) is 18.2 Å². The minimum atomic E-state index is -0.432. The van der Waals surface area contributed by atoms with Crippen LogP contribution in [0.2, 0.25) is 5.02 Å². The van der Waals surface area contributed by atoms with Gasteiger partial charge in [0.2, 0.25) is 11.8 Å². The zero-order valence-corrected chi connectivity index (χ0v) is 14.8. The average Bonchev–Trinajstić information content (AvgIpc) is 3.43. The van der Waals surface area contributed by atoms with Crippen molar-refractivity contribution in [1.82, 2.24) is 4.98 Å². The van der Waals surface area contributed by atoms with Crippen LogP contribution in [0.3, 0.4) is 0 Å². The van der Waals surface area contributed by atoms with Gasteiger partial charge in [-0.1, -0.05) is 11.6 Å². The number of anilines is 3. The fourth-order valence-corrected chi connectivity index (χ4v) is 2.50. The highest BCUT2D eigenvalue weighted by Gasteiger charge is 2.29. The Balaban J connectivity index is 1.67. The van der Waals surface area contributed by atoms with E-state index in [-0.39, 0.29) is 28.3 Å². The van der Waals surface area contributed by atoms with Crippen LogP contribution >= 0.6 is 11.6 Å². The normalized spacial score (nSPS) is 13.0. The molecule has 8 heteroatoms. The number of pyridine rings is 1. The second kappa shape index (κ2) is 7.53. The minimum absolute atomic E-state index is 0.0316. The third-order valence-corrected chi connectivity index (χ3v) is 4.08. The van der Waals surface area contributed by atoms with E-state index in [2.05, 4.69) is 20.9 Å². The van der Waals surface area contributed by atoms with E-state index in [4.69, 9.17) is 11.6 Å². The Morgan fingerprint density at radius 3 is 2.38 bits per heavy atom. The zero-order valence-electron chi connectivity index (χ0n) is 14.0. The van der Waals surface area contributed by atoms with Crippen molar-refractivity contribution >= 4 is 46.5 Å². The van der Waals surface area contributed by atoms with Crippen LogP contribution in [-0.2, 0) is 9.59 Å². The lowest BCUT2D eigenvalue weighted by Gasteiger charge is -2.10. The molecule has 0 bridgehead atoms. The first kappa shape index (κ1) is 17.9. The number of hydrogen-bond acceptors (Lipinski definition) is 4. The number of rotatable bonds is 5. The van der Waals surface area contributed by atoms with E-state index >= 15 is 0 Å². The van der Waals surface area contributed by atoms with E-state index in [0.717, 1.165) is 12.8 Å². The Bertz CT molecular complexity index is 863. The summed E-state index contributed by atoms with van der Waals surface area (Å²) in [5.74, 6) is -0.180. The summed E-state index contributed by atoms with van der Waals surface area (Å²) in [7, 11) is 0. The first-order valence-electron chi connectivity index (χ1n) is 8.08. The maximum absolute atomic E-state index is 12.4. The zero-order chi connectivity index (χ0) is 18.7. The maximum Gasteiger partial charge on any atom is 0.257 e. The number of benzene rings is 1. The summed E-state index contributed by atoms with van der Waals surface area (Å²) < 4.78 is 0. The summed E-state index contributed by atoms with van der Waals surface area (Å²) in [5.41, 5.74) is 1.16. The molecule has 134 valence electrons. The third kappa shape index (κ3) is 4.58. The van der Waals surface area contributed by atoms with Gasteiger partial charge in [0.1, 0.15) is 5.82 Å². The summed E-state index contributed by atoms with van der Waals surface area (Å²) >= 11 is 6.08. The Morgan fingerprint density at radius 2 is 1.77 bits per heavy atom. The topological polar surface area (TPSA) is 100 Å². The Kier molecular flexibility index (Phi) is 5.18. The van der Waals surface area contributed by atoms with Gasteiger partial charge in [0.15, 0.2) is 0 Å². The Morgan fingerprint density at radius 1 is 1.04 bits per heavy atom. The lowest BCUT2D eigenvalue weighted by atomic mass is 10.1. The van der Waals surface area contributed by atoms with Crippen molar-refractivity contribution in [2.45, 2.75) is 19.8 Å². The van der Waals surface area contributed by atoms with Gasteiger partial charge in [-0.25, -0.2) is 4.98 Å². The largest absolute Gasteiger partial charge is 0.326 e. The number of carbonyl (C=O) groups excluding carboxylic acids is 3. The molecule has 2 aromatic rings. The molecule has 3 rings (SSSR count). The van der Waals surface area contributed by atoms with Gasteiger partial charge in [-0.05, 0) is 43.2 Å². The van der Waals surface area contributed by atoms with E-state index in [1.165, 1.54) is 25.3 Å². The second-order valence-corrected chi connectivity index (χ2v) is 6.43. The molecule has 0 unspecified atom stereocenters. The molecule has 0 atom stereocenters. The van der Waals surface area contributed by atoms with Gasteiger partial charge in [0.05, 0.1) is 22.5 Å². The van der Waals surface area contributed by atoms with Crippen LogP contribution in [0.4, 0.5) is 17.2 Å². The first-order chi connectivity index (χ1) is 12.4. The van der Waals surface area contributed by atoms with Crippen LogP contribution in [0, 0.1) is 5.92 Å². The van der Waals surface area contributed by atoms with Gasteiger partial charge < -0.3 is 16.0 Å². The number of aromatic nitrogens is 1. The molecule has 1 aromatic heterocycles. The quantitative estimate of drug-likeness (QED) is 0.749. The fourth-order valence-electron chi connectivity index (χ4n) is 2.29. The summed E-state index contributed by atoms with van der Waals surface area (Å²) in [6, 6.07) is 7.90. The van der Waals surface area contributed by atoms with Crippen LogP contribution in [-0.4, -0.2) is 22.7 Å². The number of hydrogen-bond donors (Lipinski definition) is 3. The van der Waals surface area contributed by atoms with Crippen LogP contribution in [0.25, 0.3) is 0 Å². The molecule has 0 aliphatic heterocycles. The molecule has 3 amide bonds.